The van der Waals surface area contributed by atoms with Gasteiger partial charge in [-0.1, -0.05) is 18.2 Å². The lowest BCUT2D eigenvalue weighted by Crippen LogP contribution is -2.44. The molecule has 11 nitrogen and oxygen atoms in total. The fourth-order valence-corrected chi connectivity index (χ4v) is 7.66. The first-order valence-corrected chi connectivity index (χ1v) is 15.8. The van der Waals surface area contributed by atoms with Gasteiger partial charge in [-0.15, -0.1) is 5.06 Å². The van der Waals surface area contributed by atoms with Crippen LogP contribution in [-0.4, -0.2) is 76.3 Å². The molecule has 0 N–H and O–H groups in total. The molecule has 4 aliphatic rings. The largest absolute Gasteiger partial charge is 0.456 e. The first-order valence-electron chi connectivity index (χ1n) is 14.3. The van der Waals surface area contributed by atoms with E-state index in [-0.39, 0.29) is 30.7 Å². The van der Waals surface area contributed by atoms with Gasteiger partial charge in [0.15, 0.2) is 0 Å². The van der Waals surface area contributed by atoms with Crippen LogP contribution in [0.2, 0.25) is 0 Å². The predicted molar refractivity (Wildman–Crippen MR) is 164 cm³/mol. The van der Waals surface area contributed by atoms with Crippen molar-refractivity contribution in [3.05, 3.63) is 66.0 Å². The van der Waals surface area contributed by atoms with Gasteiger partial charge in [0.25, 0.3) is 11.8 Å². The van der Waals surface area contributed by atoms with Crippen molar-refractivity contribution in [1.29, 1.82) is 0 Å². The Morgan fingerprint density at radius 1 is 0.977 bits per heavy atom. The molecule has 0 bridgehead atoms. The van der Waals surface area contributed by atoms with E-state index in [2.05, 4.69) is 0 Å². The summed E-state index contributed by atoms with van der Waals surface area (Å²) in [6.07, 6.45) is 0.514. The van der Waals surface area contributed by atoms with Gasteiger partial charge in [0, 0.05) is 73.4 Å². The van der Waals surface area contributed by atoms with Crippen LogP contribution < -0.4 is 14.8 Å². The molecule has 2 aromatic carbocycles. The van der Waals surface area contributed by atoms with Crippen molar-refractivity contribution in [1.82, 2.24) is 13.9 Å². The summed E-state index contributed by atoms with van der Waals surface area (Å²) in [5.41, 5.74) is 3.38. The van der Waals surface area contributed by atoms with E-state index >= 15 is 0 Å². The molecule has 6 rings (SSSR count). The van der Waals surface area contributed by atoms with Crippen molar-refractivity contribution in [3.8, 4) is 22.5 Å². The molecule has 0 spiro atoms. The Hall–Kier alpha value is -4.55. The van der Waals surface area contributed by atoms with Gasteiger partial charge in [-0.05, 0) is 37.1 Å². The van der Waals surface area contributed by atoms with Gasteiger partial charge in [-0.25, -0.2) is 17.8 Å². The lowest BCUT2D eigenvalue weighted by Gasteiger charge is -2.25. The van der Waals surface area contributed by atoms with Crippen molar-refractivity contribution < 1.29 is 32.1 Å². The normalized spacial score (nSPS) is 17.5. The fourth-order valence-electron chi connectivity index (χ4n) is 5.81. The van der Waals surface area contributed by atoms with Crippen molar-refractivity contribution in [2.24, 2.45) is 0 Å². The lowest BCUT2D eigenvalue weighted by atomic mass is 9.93. The first-order chi connectivity index (χ1) is 21.0. The minimum Gasteiger partial charge on any atom is -0.456 e. The minimum atomic E-state index is -4.26. The number of sulfonamides is 1. The van der Waals surface area contributed by atoms with E-state index < -0.39 is 33.8 Å². The molecule has 2 saturated heterocycles. The Morgan fingerprint density at radius 2 is 1.70 bits per heavy atom. The molecule has 1 unspecified atom stereocenters. The van der Waals surface area contributed by atoms with Crippen LogP contribution in [0.3, 0.4) is 0 Å². The highest BCUT2D eigenvalue weighted by Gasteiger charge is 2.44. The van der Waals surface area contributed by atoms with Crippen molar-refractivity contribution in [2.45, 2.75) is 36.6 Å². The van der Waals surface area contributed by atoms with Crippen molar-refractivity contribution >= 4 is 44.5 Å². The number of imide groups is 1. The van der Waals surface area contributed by atoms with Crippen molar-refractivity contribution in [2.75, 3.05) is 39.6 Å². The number of carbonyl (C=O) groups is 3. The van der Waals surface area contributed by atoms with Crippen LogP contribution in [0.15, 0.2) is 70.0 Å². The Balaban J connectivity index is 1.50. The smallest absolute Gasteiger partial charge is 0.351 e. The van der Waals surface area contributed by atoms with E-state index in [1.54, 1.807) is 18.2 Å². The SMILES string of the molecule is CN(C)c1ccc2c(-c3ccccc3S(=O)(=O)[15N]3[13CH2][13CH2][13CH2][13CH]3[13C](=O)ON3C(=O)CCC3=O)c3ccc(=[N+](C)C)cc-3oc2c1. The molecule has 2 aromatic rings. The zero-order valence-corrected chi connectivity index (χ0v) is 25.8. The van der Waals surface area contributed by atoms with Crippen LogP contribution in [0.5, 0.6) is 0 Å². The summed E-state index contributed by atoms with van der Waals surface area (Å²) >= 11 is 0. The molecule has 12 heteroatoms. The number of benzene rings is 3. The number of fused-ring (bicyclic) bond motifs is 2. The molecular formula is C32H33N4O7S+. The summed E-state index contributed by atoms with van der Waals surface area (Å²) in [5.74, 6) is -1.60. The van der Waals surface area contributed by atoms with E-state index in [1.807, 2.05) is 74.1 Å². The molecule has 3 aliphatic heterocycles. The van der Waals surface area contributed by atoms with Crippen molar-refractivity contribution in [3.63, 3.8) is 0 Å². The van der Waals surface area contributed by atoms with Crippen LogP contribution in [0, 0.1) is 0 Å². The third-order valence-corrected chi connectivity index (χ3v) is 10.1. The van der Waals surface area contributed by atoms with Gasteiger partial charge in [0.2, 0.25) is 15.4 Å². The van der Waals surface area contributed by atoms with E-state index in [0.717, 1.165) is 26.3 Å². The molecule has 0 aromatic heterocycles. The number of amides is 2. The Morgan fingerprint density at radius 3 is 2.41 bits per heavy atom. The zero-order chi connectivity index (χ0) is 31.3. The topological polar surface area (TPSA) is 120 Å². The van der Waals surface area contributed by atoms with Crippen LogP contribution in [0.25, 0.3) is 33.4 Å². The Labute approximate surface area is 254 Å². The summed E-state index contributed by atoms with van der Waals surface area (Å²) in [6, 6.07) is 17.1. The third-order valence-electron chi connectivity index (χ3n) is 8.13. The number of hydrogen-bond acceptors (Lipinski definition) is 8. The molecule has 44 heavy (non-hydrogen) atoms. The van der Waals surface area contributed by atoms with Gasteiger partial charge in [-0.2, -0.15) is 4.31 Å². The number of anilines is 1. The quantitative estimate of drug-likeness (QED) is 0.106. The number of nitrogens with zero attached hydrogens (tertiary/aromatic N) is 4. The summed E-state index contributed by atoms with van der Waals surface area (Å²) in [7, 11) is 3.47. The van der Waals surface area contributed by atoms with Gasteiger partial charge in [0.05, 0.1) is 11.0 Å². The Bertz CT molecular complexity index is 1960. The number of hydrogen-bond donors (Lipinski definition) is 0. The molecule has 0 radical (unpaired) electrons. The van der Waals surface area contributed by atoms with Gasteiger partial charge < -0.3 is 14.2 Å². The highest BCUT2D eigenvalue weighted by molar-refractivity contribution is 7.89. The molecule has 2 amide bonds. The maximum absolute atomic E-state index is 14.4. The number of carbonyl (C=O) groups excluding carboxylic acids is 3. The molecule has 1 aliphatic carbocycles. The van der Waals surface area contributed by atoms with Gasteiger partial charge in [0.1, 0.15) is 31.5 Å². The molecule has 228 valence electrons. The summed E-state index contributed by atoms with van der Waals surface area (Å²) in [4.78, 5) is 44.4. The standard InChI is InChI=1S/C32H33N4O7S/c1-33(2)20-11-13-22-26(18-20)42-27-19-21(34(3)4)12-14-23(27)31(22)24-8-5-6-10-28(24)44(40,41)35-17-7-9-25(35)32(39)43-36-29(37)15-16-30(36)38/h5-6,8,10-14,18-19,25H,7,9,15-17H2,1-4H3/q+1/i7+1,9+1,17+1,25+1,32+1,35+1. The molecule has 1 atom stereocenters. The highest BCUT2D eigenvalue weighted by atomic mass is 32.2. The second kappa shape index (κ2) is 11.2. The van der Waals surface area contributed by atoms with Crippen LogP contribution >= 0.6 is 0 Å². The average Bonchev–Trinajstić information content (AvgIpc) is 3.63. The van der Waals surface area contributed by atoms with Crippen LogP contribution in [0.4, 0.5) is 5.69 Å². The summed E-state index contributed by atoms with van der Waals surface area (Å²) in [5, 5.41) is 2.10. The van der Waals surface area contributed by atoms with E-state index in [0.29, 0.717) is 34.0 Å². The summed E-state index contributed by atoms with van der Waals surface area (Å²) < 4.78 is 38.3. The first kappa shape index (κ1) is 29.5. The number of rotatable bonds is 6. The maximum atomic E-state index is 14.4. The van der Waals surface area contributed by atoms with E-state index in [1.165, 1.54) is 6.07 Å². The molecule has 3 heterocycles. The lowest BCUT2D eigenvalue weighted by molar-refractivity contribution is -0.199. The third kappa shape index (κ3) is 5.03. The molecule has 0 saturated carbocycles. The predicted octanol–water partition coefficient (Wildman–Crippen LogP) is 3.06. The minimum absolute atomic E-state index is 0.0233. The van der Waals surface area contributed by atoms with Gasteiger partial charge in [-0.3, -0.25) is 9.59 Å². The average molecular weight is 624 g/mol. The van der Waals surface area contributed by atoms with E-state index in [4.69, 9.17) is 9.25 Å². The second-order valence-corrected chi connectivity index (χ2v) is 13.2. The van der Waals surface area contributed by atoms with Crippen LogP contribution in [0.1, 0.15) is 25.7 Å². The zero-order valence-electron chi connectivity index (χ0n) is 24.9. The maximum Gasteiger partial charge on any atom is 0.351 e. The Kier molecular flexibility index (Phi) is 7.50. The number of hydroxylamine groups is 2. The molecule has 2 fully saturated rings. The second-order valence-electron chi connectivity index (χ2n) is 11.4. The summed E-state index contributed by atoms with van der Waals surface area (Å²) in [6.45, 7) is 0.0856. The van der Waals surface area contributed by atoms with Gasteiger partial charge >= 0.3 is 5.97 Å². The molecular weight excluding hydrogens is 590 g/mol. The van der Waals surface area contributed by atoms with Crippen LogP contribution in [-0.2, 0) is 29.2 Å². The monoisotopic (exact) mass is 623 g/mol. The fraction of sp³-hybridized carbons (Fsp3) is 0.312. The highest BCUT2D eigenvalue weighted by Crippen LogP contribution is 2.44. The van der Waals surface area contributed by atoms with E-state index in [9.17, 15) is 22.8 Å².